The Hall–Kier alpha value is -1.04. The van der Waals surface area contributed by atoms with Crippen LogP contribution in [0.25, 0.3) is 0 Å². The maximum Gasteiger partial charge on any atom is 0.313 e. The Morgan fingerprint density at radius 2 is 2.24 bits per heavy atom. The molecular formula is C11H19N3O2S. The summed E-state index contributed by atoms with van der Waals surface area (Å²) < 4.78 is 1.92. The molecule has 1 aromatic heterocycles. The third-order valence-corrected chi connectivity index (χ3v) is 3.82. The molecule has 0 saturated carbocycles. The van der Waals surface area contributed by atoms with Gasteiger partial charge in [-0.05, 0) is 11.3 Å². The smallest absolute Gasteiger partial charge is 0.313 e. The highest BCUT2D eigenvalue weighted by atomic mass is 32.2. The number of nitrogens with zero attached hydrogens (tertiary/aromatic N) is 3. The number of carboxylic acids is 1. The Bertz CT molecular complexity index is 384. The highest BCUT2D eigenvalue weighted by molar-refractivity contribution is 7.99. The van der Waals surface area contributed by atoms with Crippen LogP contribution in [0.5, 0.6) is 0 Å². The van der Waals surface area contributed by atoms with E-state index in [-0.39, 0.29) is 11.2 Å². The molecule has 0 radical (unpaired) electrons. The monoisotopic (exact) mass is 257 g/mol. The number of hydrogen-bond acceptors (Lipinski definition) is 4. The Labute approximate surface area is 106 Å². The second kappa shape index (κ2) is 5.53. The van der Waals surface area contributed by atoms with Crippen LogP contribution in [0.4, 0.5) is 0 Å². The number of rotatable bonds is 5. The maximum atomic E-state index is 10.5. The Morgan fingerprint density at radius 3 is 2.76 bits per heavy atom. The van der Waals surface area contributed by atoms with Crippen LogP contribution in [-0.4, -0.2) is 31.6 Å². The SMILES string of the molecule is CC(Cn1cnnc1SCC(=O)O)C(C)(C)C. The minimum atomic E-state index is -0.839. The Kier molecular flexibility index (Phi) is 4.56. The van der Waals surface area contributed by atoms with E-state index in [1.807, 2.05) is 4.57 Å². The lowest BCUT2D eigenvalue weighted by molar-refractivity contribution is -0.133. The second-order valence-corrected chi connectivity index (χ2v) is 6.16. The fourth-order valence-electron chi connectivity index (χ4n) is 1.18. The van der Waals surface area contributed by atoms with Gasteiger partial charge >= 0.3 is 5.97 Å². The first kappa shape index (κ1) is 14.0. The maximum absolute atomic E-state index is 10.5. The fourth-order valence-corrected chi connectivity index (χ4v) is 1.82. The van der Waals surface area contributed by atoms with Crippen LogP contribution in [0.2, 0.25) is 0 Å². The average Bonchev–Trinajstić information content (AvgIpc) is 2.60. The van der Waals surface area contributed by atoms with E-state index < -0.39 is 5.97 Å². The highest BCUT2D eigenvalue weighted by Crippen LogP contribution is 2.27. The van der Waals surface area contributed by atoms with Gasteiger partial charge in [0.25, 0.3) is 0 Å². The number of hydrogen-bond donors (Lipinski definition) is 1. The molecule has 17 heavy (non-hydrogen) atoms. The molecule has 1 rings (SSSR count). The van der Waals surface area contributed by atoms with Crippen LogP contribution in [-0.2, 0) is 11.3 Å². The summed E-state index contributed by atoms with van der Waals surface area (Å²) in [5.41, 5.74) is 0.207. The van der Waals surface area contributed by atoms with Crippen molar-refractivity contribution in [2.45, 2.75) is 39.4 Å². The molecule has 0 aromatic carbocycles. The normalized spacial score (nSPS) is 13.6. The van der Waals surface area contributed by atoms with E-state index in [1.165, 1.54) is 11.8 Å². The number of aliphatic carboxylic acids is 1. The molecule has 0 spiro atoms. The molecule has 96 valence electrons. The zero-order valence-corrected chi connectivity index (χ0v) is 11.5. The molecule has 0 fully saturated rings. The molecule has 1 atom stereocenters. The van der Waals surface area contributed by atoms with Gasteiger partial charge in [-0.25, -0.2) is 0 Å². The third kappa shape index (κ3) is 4.38. The summed E-state index contributed by atoms with van der Waals surface area (Å²) in [6.07, 6.45) is 1.66. The van der Waals surface area contributed by atoms with Gasteiger partial charge in [0.2, 0.25) is 0 Å². The molecule has 0 bridgehead atoms. The largest absolute Gasteiger partial charge is 0.481 e. The minimum absolute atomic E-state index is 0.0165. The van der Waals surface area contributed by atoms with E-state index in [2.05, 4.69) is 37.9 Å². The number of aromatic nitrogens is 3. The summed E-state index contributed by atoms with van der Waals surface area (Å²) in [6.45, 7) is 9.54. The summed E-state index contributed by atoms with van der Waals surface area (Å²) in [7, 11) is 0. The molecule has 0 aliphatic rings. The van der Waals surface area contributed by atoms with Crippen molar-refractivity contribution >= 4 is 17.7 Å². The minimum Gasteiger partial charge on any atom is -0.481 e. The Balaban J connectivity index is 2.66. The van der Waals surface area contributed by atoms with Crippen molar-refractivity contribution in [2.75, 3.05) is 5.75 Å². The predicted molar refractivity (Wildman–Crippen MR) is 67.0 cm³/mol. The zero-order valence-electron chi connectivity index (χ0n) is 10.7. The zero-order chi connectivity index (χ0) is 13.1. The van der Waals surface area contributed by atoms with Gasteiger partial charge in [0.1, 0.15) is 6.33 Å². The van der Waals surface area contributed by atoms with Crippen LogP contribution in [0, 0.1) is 11.3 Å². The van der Waals surface area contributed by atoms with Crippen molar-refractivity contribution in [2.24, 2.45) is 11.3 Å². The van der Waals surface area contributed by atoms with Crippen LogP contribution in [0.3, 0.4) is 0 Å². The van der Waals surface area contributed by atoms with E-state index in [0.717, 1.165) is 6.54 Å². The number of carboxylic acid groups (broad SMARTS) is 1. The van der Waals surface area contributed by atoms with Crippen molar-refractivity contribution in [1.29, 1.82) is 0 Å². The van der Waals surface area contributed by atoms with Gasteiger partial charge in [0.05, 0.1) is 5.75 Å². The van der Waals surface area contributed by atoms with Crippen molar-refractivity contribution in [3.63, 3.8) is 0 Å². The first-order valence-corrected chi connectivity index (χ1v) is 6.51. The Morgan fingerprint density at radius 1 is 1.59 bits per heavy atom. The molecular weight excluding hydrogens is 238 g/mol. The quantitative estimate of drug-likeness (QED) is 0.818. The fraction of sp³-hybridized carbons (Fsp3) is 0.727. The number of thioether (sulfide) groups is 1. The lowest BCUT2D eigenvalue weighted by Crippen LogP contribution is -2.22. The lowest BCUT2D eigenvalue weighted by atomic mass is 9.82. The molecule has 5 nitrogen and oxygen atoms in total. The molecule has 1 aromatic rings. The van der Waals surface area contributed by atoms with Gasteiger partial charge < -0.3 is 9.67 Å². The van der Waals surface area contributed by atoms with Crippen molar-refractivity contribution < 1.29 is 9.90 Å². The van der Waals surface area contributed by atoms with Crippen molar-refractivity contribution in [3.05, 3.63) is 6.33 Å². The van der Waals surface area contributed by atoms with Crippen molar-refractivity contribution in [3.8, 4) is 0 Å². The average molecular weight is 257 g/mol. The van der Waals surface area contributed by atoms with Crippen LogP contribution in [0.1, 0.15) is 27.7 Å². The van der Waals surface area contributed by atoms with Crippen LogP contribution < -0.4 is 0 Å². The molecule has 1 N–H and O–H groups in total. The van der Waals surface area contributed by atoms with E-state index in [1.54, 1.807) is 6.33 Å². The first-order valence-electron chi connectivity index (χ1n) is 5.53. The molecule has 0 aliphatic heterocycles. The molecule has 1 heterocycles. The van der Waals surface area contributed by atoms with Gasteiger partial charge in [-0.3, -0.25) is 4.79 Å². The topological polar surface area (TPSA) is 68.0 Å². The van der Waals surface area contributed by atoms with Gasteiger partial charge in [0.15, 0.2) is 5.16 Å². The van der Waals surface area contributed by atoms with Gasteiger partial charge in [-0.1, -0.05) is 39.5 Å². The molecule has 1 unspecified atom stereocenters. The van der Waals surface area contributed by atoms with Gasteiger partial charge in [0, 0.05) is 6.54 Å². The standard InChI is InChI=1S/C11H19N3O2S/c1-8(11(2,3)4)5-14-7-12-13-10(14)17-6-9(15)16/h7-8H,5-6H2,1-4H3,(H,15,16). The van der Waals surface area contributed by atoms with E-state index in [4.69, 9.17) is 5.11 Å². The summed E-state index contributed by atoms with van der Waals surface area (Å²) in [5.74, 6) is -0.362. The highest BCUT2D eigenvalue weighted by Gasteiger charge is 2.21. The molecule has 0 amide bonds. The van der Waals surface area contributed by atoms with E-state index in [0.29, 0.717) is 11.1 Å². The number of carbonyl (C=O) groups is 1. The van der Waals surface area contributed by atoms with E-state index >= 15 is 0 Å². The van der Waals surface area contributed by atoms with Crippen LogP contribution in [0.15, 0.2) is 11.5 Å². The van der Waals surface area contributed by atoms with Crippen LogP contribution >= 0.6 is 11.8 Å². The van der Waals surface area contributed by atoms with Gasteiger partial charge in [-0.2, -0.15) is 0 Å². The summed E-state index contributed by atoms with van der Waals surface area (Å²) in [4.78, 5) is 10.5. The van der Waals surface area contributed by atoms with E-state index in [9.17, 15) is 4.79 Å². The predicted octanol–water partition coefficient (Wildman–Crippen LogP) is 2.14. The third-order valence-electron chi connectivity index (χ3n) is 2.85. The lowest BCUT2D eigenvalue weighted by Gasteiger charge is -2.27. The molecule has 6 heteroatoms. The summed E-state index contributed by atoms with van der Waals surface area (Å²) in [6, 6.07) is 0. The van der Waals surface area contributed by atoms with Crippen molar-refractivity contribution in [1.82, 2.24) is 14.8 Å². The summed E-state index contributed by atoms with van der Waals surface area (Å²) in [5, 5.41) is 17.1. The first-order chi connectivity index (χ1) is 7.80. The second-order valence-electron chi connectivity index (χ2n) is 5.22. The molecule has 0 aliphatic carbocycles. The molecule has 0 saturated heterocycles. The summed E-state index contributed by atoms with van der Waals surface area (Å²) >= 11 is 1.20. The van der Waals surface area contributed by atoms with Gasteiger partial charge in [-0.15, -0.1) is 10.2 Å².